The molecule has 2 saturated heterocycles. The zero-order chi connectivity index (χ0) is 25.1. The fourth-order valence-electron chi connectivity index (χ4n) is 4.49. The van der Waals surface area contributed by atoms with Crippen LogP contribution in [0.5, 0.6) is 0 Å². The Hall–Kier alpha value is -3.49. The number of thiocarbonyl (C=S) groups is 1. The molecule has 6 nitrogen and oxygen atoms in total. The maximum absolute atomic E-state index is 13.5. The molecule has 3 heterocycles. The summed E-state index contributed by atoms with van der Waals surface area (Å²) >= 11 is 7.09. The third-order valence-electron chi connectivity index (χ3n) is 6.28. The van der Waals surface area contributed by atoms with Crippen molar-refractivity contribution < 1.29 is 14.3 Å². The minimum Gasteiger partial charge on any atom is -0.451 e. The second kappa shape index (κ2) is 10.6. The molecule has 2 aromatic carbocycles. The molecule has 8 heteroatoms. The lowest BCUT2D eigenvalue weighted by atomic mass is 9.97. The van der Waals surface area contributed by atoms with Crippen LogP contribution in [-0.2, 0) is 20.7 Å². The highest BCUT2D eigenvalue weighted by Crippen LogP contribution is 2.41. The molecule has 0 saturated carbocycles. The molecule has 182 valence electrons. The van der Waals surface area contributed by atoms with Crippen molar-refractivity contribution >= 4 is 40.8 Å². The fraction of sp³-hybridized carbons (Fsp3) is 0.214. The maximum atomic E-state index is 13.5. The first-order chi connectivity index (χ1) is 17.5. The smallest absolute Gasteiger partial charge is 0.334 e. The zero-order valence-electron chi connectivity index (χ0n) is 19.4. The molecule has 1 aromatic heterocycles. The summed E-state index contributed by atoms with van der Waals surface area (Å²) in [6, 6.07) is 21.7. The van der Waals surface area contributed by atoms with Crippen molar-refractivity contribution in [2.24, 2.45) is 0 Å². The third-order valence-corrected chi connectivity index (χ3v) is 7.92. The molecule has 2 aliphatic rings. The molecule has 0 spiro atoms. The van der Waals surface area contributed by atoms with Crippen molar-refractivity contribution in [1.29, 1.82) is 0 Å². The summed E-state index contributed by atoms with van der Waals surface area (Å²) < 4.78 is 6.07. The Labute approximate surface area is 219 Å². The molecule has 0 bridgehead atoms. The number of esters is 1. The summed E-state index contributed by atoms with van der Waals surface area (Å²) in [5, 5.41) is 2.98. The number of β-lactam (4-membered cyclic amide) rings is 1. The van der Waals surface area contributed by atoms with Crippen molar-refractivity contribution in [3.05, 3.63) is 114 Å². The molecular formula is C28H25N3O3S2. The zero-order valence-corrected chi connectivity index (χ0v) is 21.1. The van der Waals surface area contributed by atoms with Crippen molar-refractivity contribution in [2.75, 3.05) is 5.75 Å². The Morgan fingerprint density at radius 1 is 1.08 bits per heavy atom. The Morgan fingerprint density at radius 2 is 1.69 bits per heavy atom. The number of amides is 1. The monoisotopic (exact) mass is 515 g/mol. The molecule has 3 atom stereocenters. The second-order valence-electron chi connectivity index (χ2n) is 8.72. The van der Waals surface area contributed by atoms with Crippen molar-refractivity contribution in [3.63, 3.8) is 0 Å². The van der Waals surface area contributed by atoms with Gasteiger partial charge in [-0.05, 0) is 34.4 Å². The number of hydrogen-bond acceptors (Lipinski definition) is 6. The molecule has 0 radical (unpaired) electrons. The Kier molecular flexibility index (Phi) is 7.16. The lowest BCUT2D eigenvalue weighted by Gasteiger charge is -2.53. The number of carbonyl (C=O) groups excluding carboxylic acids is 2. The van der Waals surface area contributed by atoms with Gasteiger partial charge in [0, 0.05) is 24.6 Å². The van der Waals surface area contributed by atoms with E-state index in [0.717, 1.165) is 16.7 Å². The lowest BCUT2D eigenvalue weighted by Crippen LogP contribution is -2.74. The number of carbonyl (C=O) groups is 2. The van der Waals surface area contributed by atoms with Crippen LogP contribution in [0.2, 0.25) is 0 Å². The highest BCUT2D eigenvalue weighted by molar-refractivity contribution is 8.00. The molecule has 0 unspecified atom stereocenters. The third kappa shape index (κ3) is 4.92. The second-order valence-corrected chi connectivity index (χ2v) is 10.3. The highest BCUT2D eigenvalue weighted by Gasteiger charge is 2.56. The van der Waals surface area contributed by atoms with Gasteiger partial charge in [-0.2, -0.15) is 0 Å². The summed E-state index contributed by atoms with van der Waals surface area (Å²) in [5.74, 6) is -0.0947. The van der Waals surface area contributed by atoms with Crippen LogP contribution < -0.4 is 5.32 Å². The minimum atomic E-state index is -0.828. The van der Waals surface area contributed by atoms with Gasteiger partial charge in [0.05, 0.1) is 4.99 Å². The van der Waals surface area contributed by atoms with E-state index in [2.05, 4.69) is 16.9 Å². The molecule has 3 aromatic rings. The van der Waals surface area contributed by atoms with E-state index in [1.807, 2.05) is 72.8 Å². The highest BCUT2D eigenvalue weighted by atomic mass is 32.2. The SMILES string of the molecule is C=C1CS[C@H]2[C@H](NC(=S)Cc3ccncc3)C(=O)N2[C@H]1C(=O)OC(c1ccccc1)c1ccccc1. The summed E-state index contributed by atoms with van der Waals surface area (Å²) in [6.45, 7) is 4.10. The van der Waals surface area contributed by atoms with Crippen LogP contribution in [0.4, 0.5) is 0 Å². The average molecular weight is 516 g/mol. The molecule has 1 N–H and O–H groups in total. The number of pyridine rings is 1. The minimum absolute atomic E-state index is 0.177. The van der Waals surface area contributed by atoms with Gasteiger partial charge >= 0.3 is 5.97 Å². The first kappa shape index (κ1) is 24.2. The van der Waals surface area contributed by atoms with E-state index in [9.17, 15) is 9.59 Å². The van der Waals surface area contributed by atoms with Crippen LogP contribution in [0.25, 0.3) is 0 Å². The van der Waals surface area contributed by atoms with Crippen LogP contribution in [0.3, 0.4) is 0 Å². The maximum Gasteiger partial charge on any atom is 0.334 e. The molecule has 36 heavy (non-hydrogen) atoms. The van der Waals surface area contributed by atoms with Gasteiger partial charge < -0.3 is 15.0 Å². The van der Waals surface area contributed by atoms with Gasteiger partial charge in [-0.3, -0.25) is 9.78 Å². The van der Waals surface area contributed by atoms with Gasteiger partial charge in [0.25, 0.3) is 0 Å². The predicted molar refractivity (Wildman–Crippen MR) is 144 cm³/mol. The number of nitrogens with zero attached hydrogens (tertiary/aromatic N) is 2. The predicted octanol–water partition coefficient (Wildman–Crippen LogP) is 4.08. The van der Waals surface area contributed by atoms with Crippen LogP contribution in [-0.4, -0.2) is 50.0 Å². The largest absolute Gasteiger partial charge is 0.451 e. The first-order valence-corrected chi connectivity index (χ1v) is 13.1. The molecule has 0 aliphatic carbocycles. The van der Waals surface area contributed by atoms with Crippen molar-refractivity contribution in [1.82, 2.24) is 15.2 Å². The van der Waals surface area contributed by atoms with Gasteiger partial charge in [-0.25, -0.2) is 4.79 Å². The Bertz CT molecular complexity index is 1230. The van der Waals surface area contributed by atoms with Gasteiger partial charge in [-0.1, -0.05) is 79.5 Å². The number of benzene rings is 2. The normalized spacial score (nSPS) is 20.9. The number of nitrogens with one attached hydrogen (secondary N) is 1. The molecule has 1 amide bonds. The van der Waals surface area contributed by atoms with Gasteiger partial charge in [0.15, 0.2) is 12.1 Å². The lowest BCUT2D eigenvalue weighted by molar-refractivity contribution is -0.164. The number of hydrogen-bond donors (Lipinski definition) is 1. The molecule has 2 fully saturated rings. The summed E-state index contributed by atoms with van der Waals surface area (Å²) in [4.78, 5) is 32.9. The van der Waals surface area contributed by atoms with E-state index in [1.165, 1.54) is 0 Å². The van der Waals surface area contributed by atoms with E-state index in [-0.39, 0.29) is 11.3 Å². The van der Waals surface area contributed by atoms with Gasteiger partial charge in [0.1, 0.15) is 11.4 Å². The first-order valence-electron chi connectivity index (χ1n) is 11.6. The number of ether oxygens (including phenoxy) is 1. The van der Waals surface area contributed by atoms with Crippen molar-refractivity contribution in [3.8, 4) is 0 Å². The van der Waals surface area contributed by atoms with Crippen LogP contribution >= 0.6 is 24.0 Å². The molecule has 2 aliphatic heterocycles. The average Bonchev–Trinajstić information content (AvgIpc) is 2.91. The van der Waals surface area contributed by atoms with Gasteiger partial charge in [-0.15, -0.1) is 11.8 Å². The van der Waals surface area contributed by atoms with E-state index >= 15 is 0 Å². The Balaban J connectivity index is 1.30. The number of thioether (sulfide) groups is 1. The van der Waals surface area contributed by atoms with E-state index < -0.39 is 24.2 Å². The topological polar surface area (TPSA) is 71.5 Å². The van der Waals surface area contributed by atoms with Gasteiger partial charge in [0.2, 0.25) is 5.91 Å². The van der Waals surface area contributed by atoms with E-state index in [4.69, 9.17) is 17.0 Å². The number of rotatable bonds is 7. The summed E-state index contributed by atoms with van der Waals surface area (Å²) in [6.07, 6.45) is 3.36. The fourth-order valence-corrected chi connectivity index (χ4v) is 6.09. The number of fused-ring (bicyclic) bond motifs is 1. The quantitative estimate of drug-likeness (QED) is 0.220. The van der Waals surface area contributed by atoms with E-state index in [0.29, 0.717) is 22.7 Å². The molecule has 5 rings (SSSR count). The van der Waals surface area contributed by atoms with E-state index in [1.54, 1.807) is 29.1 Å². The van der Waals surface area contributed by atoms with Crippen molar-refractivity contribution in [2.45, 2.75) is 30.0 Å². The Morgan fingerprint density at radius 3 is 2.31 bits per heavy atom. The van der Waals surface area contributed by atoms with Crippen LogP contribution in [0, 0.1) is 0 Å². The van der Waals surface area contributed by atoms with Crippen LogP contribution in [0.15, 0.2) is 97.3 Å². The van der Waals surface area contributed by atoms with Crippen LogP contribution in [0.1, 0.15) is 22.8 Å². The summed E-state index contributed by atoms with van der Waals surface area (Å²) in [7, 11) is 0. The standard InChI is InChI=1S/C28H25N3O3S2/c1-18-17-36-27-23(30-22(35)16-19-12-14-29-15-13-19)26(32)31(27)24(18)28(33)34-25(20-8-4-2-5-9-20)21-10-6-3-7-11-21/h2-15,23-25,27H,1,16-17H2,(H,30,35)/t23-,24-,27+/m1/s1. The number of aromatic nitrogens is 1. The summed E-state index contributed by atoms with van der Waals surface area (Å²) in [5.41, 5.74) is 3.40. The molecular weight excluding hydrogens is 490 g/mol.